The first kappa shape index (κ1) is 29.6. The van der Waals surface area contributed by atoms with Crippen molar-refractivity contribution in [3.05, 3.63) is 35.9 Å². The number of ether oxygens (including phenoxy) is 2. The van der Waals surface area contributed by atoms with Crippen molar-refractivity contribution in [2.24, 2.45) is 11.8 Å². The van der Waals surface area contributed by atoms with E-state index < -0.39 is 42.0 Å². The molecule has 0 unspecified atom stereocenters. The van der Waals surface area contributed by atoms with Gasteiger partial charge in [-0.2, -0.15) is 0 Å². The Bertz CT molecular complexity index is 952. The topological polar surface area (TPSA) is 143 Å². The SMILES string of the molecule is COC(=O)[C@@H](NC(=O)CNC(=O)[C@@H]1CCCN1C(=O)[C@@H](NC(=O)OCc1ccccc1)C(C)C)C(C)C. The van der Waals surface area contributed by atoms with Crippen LogP contribution in [0.15, 0.2) is 30.3 Å². The van der Waals surface area contributed by atoms with Gasteiger partial charge >= 0.3 is 12.1 Å². The second-order valence-corrected chi connectivity index (χ2v) is 9.65. The Kier molecular flexibility index (Phi) is 11.4. The number of nitrogens with zero attached hydrogens (tertiary/aromatic N) is 1. The van der Waals surface area contributed by atoms with Gasteiger partial charge in [0, 0.05) is 6.54 Å². The van der Waals surface area contributed by atoms with Gasteiger partial charge in [-0.25, -0.2) is 9.59 Å². The fourth-order valence-electron chi connectivity index (χ4n) is 4.02. The molecule has 1 saturated heterocycles. The summed E-state index contributed by atoms with van der Waals surface area (Å²) in [6.45, 7) is 7.18. The van der Waals surface area contributed by atoms with Gasteiger partial charge in [-0.1, -0.05) is 58.0 Å². The minimum atomic E-state index is -0.883. The van der Waals surface area contributed by atoms with Gasteiger partial charge < -0.3 is 30.3 Å². The quantitative estimate of drug-likeness (QED) is 0.375. The van der Waals surface area contributed by atoms with Crippen molar-refractivity contribution in [2.75, 3.05) is 20.2 Å². The molecule has 1 fully saturated rings. The summed E-state index contributed by atoms with van der Waals surface area (Å²) in [6.07, 6.45) is 0.314. The normalized spacial score (nSPS) is 16.6. The highest BCUT2D eigenvalue weighted by Gasteiger charge is 2.39. The van der Waals surface area contributed by atoms with Crippen LogP contribution in [0, 0.1) is 11.8 Å². The molecule has 0 bridgehead atoms. The number of hydrogen-bond acceptors (Lipinski definition) is 7. The van der Waals surface area contributed by atoms with Gasteiger partial charge in [-0.15, -0.1) is 0 Å². The number of carbonyl (C=O) groups excluding carboxylic acids is 5. The lowest BCUT2D eigenvalue weighted by molar-refractivity contribution is -0.146. The van der Waals surface area contributed by atoms with Gasteiger partial charge in [0.2, 0.25) is 17.7 Å². The number of benzene rings is 1. The van der Waals surface area contributed by atoms with Crippen molar-refractivity contribution < 1.29 is 33.4 Å². The van der Waals surface area contributed by atoms with E-state index in [0.29, 0.717) is 19.4 Å². The van der Waals surface area contributed by atoms with Crippen LogP contribution >= 0.6 is 0 Å². The van der Waals surface area contributed by atoms with Crippen LogP contribution in [-0.2, 0) is 35.3 Å². The van der Waals surface area contributed by atoms with Crippen LogP contribution in [0.5, 0.6) is 0 Å². The number of methoxy groups -OCH3 is 1. The average Bonchev–Trinajstić information content (AvgIpc) is 3.37. The second-order valence-electron chi connectivity index (χ2n) is 9.65. The molecule has 3 atom stereocenters. The number of esters is 1. The van der Waals surface area contributed by atoms with Gasteiger partial charge in [0.25, 0.3) is 0 Å². The number of alkyl carbamates (subject to hydrolysis) is 1. The van der Waals surface area contributed by atoms with Crippen molar-refractivity contribution in [3.63, 3.8) is 0 Å². The summed E-state index contributed by atoms with van der Waals surface area (Å²) in [6, 6.07) is 6.68. The smallest absolute Gasteiger partial charge is 0.408 e. The van der Waals surface area contributed by atoms with Gasteiger partial charge in [-0.05, 0) is 30.2 Å². The van der Waals surface area contributed by atoms with E-state index in [2.05, 4.69) is 16.0 Å². The van der Waals surface area contributed by atoms with Gasteiger partial charge in [-0.3, -0.25) is 14.4 Å². The molecule has 0 saturated carbocycles. The summed E-state index contributed by atoms with van der Waals surface area (Å²) in [5, 5.41) is 7.73. The van der Waals surface area contributed by atoms with E-state index in [1.165, 1.54) is 12.0 Å². The molecule has 2 rings (SSSR count). The molecule has 0 radical (unpaired) electrons. The first-order valence-corrected chi connectivity index (χ1v) is 12.5. The zero-order valence-corrected chi connectivity index (χ0v) is 22.1. The van der Waals surface area contributed by atoms with Crippen molar-refractivity contribution >= 4 is 29.8 Å². The van der Waals surface area contributed by atoms with E-state index in [0.717, 1.165) is 5.56 Å². The average molecular weight is 519 g/mol. The summed E-state index contributed by atoms with van der Waals surface area (Å²) in [5.41, 5.74) is 0.816. The van der Waals surface area contributed by atoms with Crippen molar-refractivity contribution in [1.29, 1.82) is 0 Å². The molecule has 1 aliphatic heterocycles. The van der Waals surface area contributed by atoms with E-state index in [1.807, 2.05) is 30.3 Å². The fraction of sp³-hybridized carbons (Fsp3) is 0.577. The van der Waals surface area contributed by atoms with E-state index in [9.17, 15) is 24.0 Å². The molecule has 37 heavy (non-hydrogen) atoms. The lowest BCUT2D eigenvalue weighted by Crippen LogP contribution is -2.56. The molecule has 0 aliphatic carbocycles. The molecule has 11 heteroatoms. The number of nitrogens with one attached hydrogen (secondary N) is 3. The third kappa shape index (κ3) is 8.76. The highest BCUT2D eigenvalue weighted by atomic mass is 16.5. The minimum Gasteiger partial charge on any atom is -0.467 e. The van der Waals surface area contributed by atoms with Gasteiger partial charge in [0.1, 0.15) is 24.7 Å². The van der Waals surface area contributed by atoms with Crippen molar-refractivity contribution in [1.82, 2.24) is 20.9 Å². The Balaban J connectivity index is 1.94. The Labute approximate surface area is 217 Å². The summed E-state index contributed by atoms with van der Waals surface area (Å²) < 4.78 is 9.96. The van der Waals surface area contributed by atoms with Crippen LogP contribution in [-0.4, -0.2) is 73.0 Å². The van der Waals surface area contributed by atoms with Crippen molar-refractivity contribution in [3.8, 4) is 0 Å². The third-order valence-electron chi connectivity index (χ3n) is 6.12. The summed E-state index contributed by atoms with van der Waals surface area (Å²) in [4.78, 5) is 64.2. The standard InChI is InChI=1S/C26H38N4O7/c1-16(2)21(29-26(35)37-15-18-10-7-6-8-11-18)24(33)30-13-9-12-19(30)23(32)27-14-20(31)28-22(17(3)4)25(34)36-5/h6-8,10-11,16-17,19,21-22H,9,12-15H2,1-5H3,(H,27,32)(H,28,31)(H,29,35)/t19-,21-,22-/m0/s1. The Hall–Kier alpha value is -3.63. The lowest BCUT2D eigenvalue weighted by atomic mass is 10.0. The molecule has 1 aromatic rings. The molecular weight excluding hydrogens is 480 g/mol. The Morgan fingerprint density at radius 3 is 2.22 bits per heavy atom. The highest BCUT2D eigenvalue weighted by molar-refractivity contribution is 5.94. The van der Waals surface area contributed by atoms with Gasteiger partial charge in [0.05, 0.1) is 13.7 Å². The molecule has 11 nitrogen and oxygen atoms in total. The van der Waals surface area contributed by atoms with Crippen LogP contribution in [0.2, 0.25) is 0 Å². The summed E-state index contributed by atoms with van der Waals surface area (Å²) in [5.74, 6) is -2.44. The maximum atomic E-state index is 13.3. The molecule has 1 heterocycles. The number of rotatable bonds is 11. The van der Waals surface area contributed by atoms with E-state index >= 15 is 0 Å². The monoisotopic (exact) mass is 518 g/mol. The maximum absolute atomic E-state index is 13.3. The molecule has 1 aromatic carbocycles. The molecule has 4 amide bonds. The molecule has 3 N–H and O–H groups in total. The summed E-state index contributed by atoms with van der Waals surface area (Å²) in [7, 11) is 1.24. The minimum absolute atomic E-state index is 0.0656. The Morgan fingerprint density at radius 2 is 1.62 bits per heavy atom. The number of likely N-dealkylation sites (tertiary alicyclic amines) is 1. The fourth-order valence-corrected chi connectivity index (χ4v) is 4.02. The zero-order valence-electron chi connectivity index (χ0n) is 22.1. The van der Waals surface area contributed by atoms with Crippen LogP contribution in [0.25, 0.3) is 0 Å². The first-order chi connectivity index (χ1) is 17.5. The lowest BCUT2D eigenvalue weighted by Gasteiger charge is -2.30. The predicted octanol–water partition coefficient (Wildman–Crippen LogP) is 1.36. The van der Waals surface area contributed by atoms with Crippen LogP contribution < -0.4 is 16.0 Å². The first-order valence-electron chi connectivity index (χ1n) is 12.5. The third-order valence-corrected chi connectivity index (χ3v) is 6.12. The van der Waals surface area contributed by atoms with Crippen molar-refractivity contribution in [2.45, 2.75) is 65.3 Å². The number of amides is 4. The predicted molar refractivity (Wildman–Crippen MR) is 135 cm³/mol. The molecule has 1 aliphatic rings. The molecule has 0 spiro atoms. The van der Waals surface area contributed by atoms with E-state index in [-0.39, 0.29) is 30.9 Å². The summed E-state index contributed by atoms with van der Waals surface area (Å²) >= 11 is 0. The Morgan fingerprint density at radius 1 is 0.973 bits per heavy atom. The van der Waals surface area contributed by atoms with Gasteiger partial charge in [0.15, 0.2) is 0 Å². The number of carbonyl (C=O) groups is 5. The number of hydrogen-bond donors (Lipinski definition) is 3. The highest BCUT2D eigenvalue weighted by Crippen LogP contribution is 2.20. The molecular formula is C26H38N4O7. The van der Waals surface area contributed by atoms with Crippen LogP contribution in [0.3, 0.4) is 0 Å². The molecule has 0 aromatic heterocycles. The van der Waals surface area contributed by atoms with E-state index in [4.69, 9.17) is 9.47 Å². The zero-order chi connectivity index (χ0) is 27.5. The van der Waals surface area contributed by atoms with Crippen LogP contribution in [0.1, 0.15) is 46.1 Å². The van der Waals surface area contributed by atoms with Crippen LogP contribution in [0.4, 0.5) is 4.79 Å². The molecule has 204 valence electrons. The largest absolute Gasteiger partial charge is 0.467 e. The second kappa shape index (κ2) is 14.2. The maximum Gasteiger partial charge on any atom is 0.408 e. The van der Waals surface area contributed by atoms with E-state index in [1.54, 1.807) is 27.7 Å².